The summed E-state index contributed by atoms with van der Waals surface area (Å²) in [6.45, 7) is 4.82. The highest BCUT2D eigenvalue weighted by molar-refractivity contribution is 5.94. The number of rotatable bonds is 10. The molecule has 0 saturated heterocycles. The molecule has 3 aromatic rings. The Morgan fingerprint density at radius 3 is 2.34 bits per heavy atom. The van der Waals surface area contributed by atoms with E-state index < -0.39 is 29.3 Å². The van der Waals surface area contributed by atoms with E-state index in [1.54, 1.807) is 25.4 Å². The SMILES string of the molecule is COc1ccc(CC(c2cc(C(=N)N)ccn2)C(C)NC(=O)C(C)(C)Oc2ccc(C(F)(F)F)cn2)cc1. The van der Waals surface area contributed by atoms with Gasteiger partial charge in [-0.05, 0) is 63.1 Å². The van der Waals surface area contributed by atoms with Crippen LogP contribution in [0.1, 0.15) is 49.1 Å². The Balaban J connectivity index is 1.81. The lowest BCUT2D eigenvalue weighted by atomic mass is 9.88. The van der Waals surface area contributed by atoms with Crippen molar-refractivity contribution in [1.82, 2.24) is 15.3 Å². The van der Waals surface area contributed by atoms with Crippen LogP contribution in [0.5, 0.6) is 11.6 Å². The lowest BCUT2D eigenvalue weighted by Crippen LogP contribution is -2.51. The largest absolute Gasteiger partial charge is 0.497 e. The number of nitrogen functional groups attached to an aromatic ring is 1. The molecule has 0 aliphatic heterocycles. The van der Waals surface area contributed by atoms with Crippen LogP contribution in [0.25, 0.3) is 0 Å². The van der Waals surface area contributed by atoms with Crippen LogP contribution in [0.2, 0.25) is 0 Å². The number of nitrogens with zero attached hydrogens (tertiary/aromatic N) is 2. The van der Waals surface area contributed by atoms with Gasteiger partial charge in [-0.3, -0.25) is 15.2 Å². The molecule has 11 heteroatoms. The highest BCUT2D eigenvalue weighted by atomic mass is 19.4. The van der Waals surface area contributed by atoms with Gasteiger partial charge < -0.3 is 20.5 Å². The lowest BCUT2D eigenvalue weighted by Gasteiger charge is -2.30. The minimum atomic E-state index is -4.53. The van der Waals surface area contributed by atoms with Crippen molar-refractivity contribution >= 4 is 11.7 Å². The first-order valence-electron chi connectivity index (χ1n) is 11.8. The summed E-state index contributed by atoms with van der Waals surface area (Å²) in [5, 5.41) is 10.7. The summed E-state index contributed by atoms with van der Waals surface area (Å²) in [4.78, 5) is 21.4. The Labute approximate surface area is 218 Å². The normalized spacial score (nSPS) is 13.3. The number of amides is 1. The fourth-order valence-corrected chi connectivity index (χ4v) is 3.77. The molecule has 8 nitrogen and oxygen atoms in total. The van der Waals surface area contributed by atoms with Crippen LogP contribution in [-0.2, 0) is 17.4 Å². The van der Waals surface area contributed by atoms with Crippen LogP contribution in [0.15, 0.2) is 60.9 Å². The highest BCUT2D eigenvalue weighted by Gasteiger charge is 2.35. The molecule has 3 rings (SSSR count). The number of methoxy groups -OCH3 is 1. The molecule has 1 amide bonds. The van der Waals surface area contributed by atoms with Crippen molar-refractivity contribution in [3.8, 4) is 11.6 Å². The molecule has 2 heterocycles. The Kier molecular flexibility index (Phi) is 8.60. The van der Waals surface area contributed by atoms with Crippen LogP contribution in [0, 0.1) is 5.41 Å². The molecule has 0 aliphatic carbocycles. The smallest absolute Gasteiger partial charge is 0.417 e. The van der Waals surface area contributed by atoms with Crippen molar-refractivity contribution in [3.05, 3.63) is 83.3 Å². The van der Waals surface area contributed by atoms with Crippen molar-refractivity contribution in [1.29, 1.82) is 5.41 Å². The summed E-state index contributed by atoms with van der Waals surface area (Å²) in [6.07, 6.45) is -1.81. The third-order valence-corrected chi connectivity index (χ3v) is 6.02. The van der Waals surface area contributed by atoms with Crippen LogP contribution < -0.4 is 20.5 Å². The van der Waals surface area contributed by atoms with E-state index in [9.17, 15) is 18.0 Å². The van der Waals surface area contributed by atoms with Gasteiger partial charge in [0, 0.05) is 41.7 Å². The molecular formula is C27H30F3N5O3. The van der Waals surface area contributed by atoms with Crippen LogP contribution in [-0.4, -0.2) is 40.5 Å². The van der Waals surface area contributed by atoms with Gasteiger partial charge in [-0.25, -0.2) is 4.98 Å². The Morgan fingerprint density at radius 2 is 1.79 bits per heavy atom. The summed E-state index contributed by atoms with van der Waals surface area (Å²) in [6, 6.07) is 12.3. The summed E-state index contributed by atoms with van der Waals surface area (Å²) in [5.41, 5.74) is 5.42. The molecule has 38 heavy (non-hydrogen) atoms. The van der Waals surface area contributed by atoms with Gasteiger partial charge in [-0.15, -0.1) is 0 Å². The van der Waals surface area contributed by atoms with Crippen molar-refractivity contribution < 1.29 is 27.4 Å². The van der Waals surface area contributed by atoms with E-state index in [0.717, 1.165) is 17.7 Å². The Morgan fingerprint density at radius 1 is 1.11 bits per heavy atom. The number of ether oxygens (including phenoxy) is 2. The molecule has 2 unspecified atom stereocenters. The topological polar surface area (TPSA) is 123 Å². The predicted octanol–water partition coefficient (Wildman–Crippen LogP) is 4.48. The van der Waals surface area contributed by atoms with E-state index >= 15 is 0 Å². The van der Waals surface area contributed by atoms with E-state index in [2.05, 4.69) is 15.3 Å². The van der Waals surface area contributed by atoms with Crippen LogP contribution in [0.3, 0.4) is 0 Å². The maximum absolute atomic E-state index is 13.2. The second-order valence-corrected chi connectivity index (χ2v) is 9.30. The number of aromatic nitrogens is 2. The first-order chi connectivity index (χ1) is 17.8. The number of carbonyl (C=O) groups excluding carboxylic acids is 1. The number of alkyl halides is 3. The van der Waals surface area contributed by atoms with Gasteiger partial charge in [0.2, 0.25) is 5.88 Å². The highest BCUT2D eigenvalue weighted by Crippen LogP contribution is 2.30. The molecule has 4 N–H and O–H groups in total. The number of hydrogen-bond donors (Lipinski definition) is 3. The Hall–Kier alpha value is -4.15. The average Bonchev–Trinajstić information content (AvgIpc) is 2.87. The standard InChI is InChI=1S/C27H30F3N5O3/c1-16(35-25(36)26(2,3)38-23-10-7-19(15-34-23)27(28,29)30)21(13-17-5-8-20(37-4)9-6-17)22-14-18(24(31)32)11-12-33-22/h5-12,14-16,21H,13H2,1-4H3,(H3,31,32)(H,35,36). The molecule has 2 aromatic heterocycles. The van der Waals surface area contributed by atoms with E-state index in [1.165, 1.54) is 13.8 Å². The first kappa shape index (κ1) is 28.4. The van der Waals surface area contributed by atoms with Gasteiger partial charge in [-0.2, -0.15) is 13.2 Å². The summed E-state index contributed by atoms with van der Waals surface area (Å²) >= 11 is 0. The fraction of sp³-hybridized carbons (Fsp3) is 0.333. The monoisotopic (exact) mass is 529 g/mol. The van der Waals surface area contributed by atoms with Gasteiger partial charge >= 0.3 is 6.18 Å². The third kappa shape index (κ3) is 7.21. The molecule has 2 atom stereocenters. The Bertz CT molecular complexity index is 1260. The maximum Gasteiger partial charge on any atom is 0.417 e. The maximum atomic E-state index is 13.2. The van der Waals surface area contributed by atoms with Crippen LogP contribution >= 0.6 is 0 Å². The number of pyridine rings is 2. The van der Waals surface area contributed by atoms with E-state index in [-0.39, 0.29) is 17.6 Å². The molecule has 0 spiro atoms. The molecule has 0 fully saturated rings. The summed E-state index contributed by atoms with van der Waals surface area (Å²) in [7, 11) is 1.58. The first-order valence-corrected chi connectivity index (χ1v) is 11.8. The second-order valence-electron chi connectivity index (χ2n) is 9.30. The van der Waals surface area contributed by atoms with Crippen LogP contribution in [0.4, 0.5) is 13.2 Å². The molecule has 0 radical (unpaired) electrons. The van der Waals surface area contributed by atoms with Gasteiger partial charge in [0.1, 0.15) is 11.6 Å². The molecular weight excluding hydrogens is 499 g/mol. The number of carbonyl (C=O) groups is 1. The number of benzene rings is 1. The lowest BCUT2D eigenvalue weighted by molar-refractivity contribution is -0.138. The number of halogens is 3. The summed E-state index contributed by atoms with van der Waals surface area (Å²) in [5.74, 6) is -0.316. The van der Waals surface area contributed by atoms with Gasteiger partial charge in [0.15, 0.2) is 5.60 Å². The molecule has 0 saturated carbocycles. The van der Waals surface area contributed by atoms with Crippen molar-refractivity contribution in [2.24, 2.45) is 5.73 Å². The zero-order valence-electron chi connectivity index (χ0n) is 21.5. The third-order valence-electron chi connectivity index (χ3n) is 6.02. The number of nitrogens with two attached hydrogens (primary N) is 1. The fourth-order valence-electron chi connectivity index (χ4n) is 3.77. The zero-order chi connectivity index (χ0) is 28.1. The zero-order valence-corrected chi connectivity index (χ0v) is 21.5. The average molecular weight is 530 g/mol. The number of hydrogen-bond acceptors (Lipinski definition) is 6. The second kappa shape index (κ2) is 11.5. The summed E-state index contributed by atoms with van der Waals surface area (Å²) < 4.78 is 49.4. The van der Waals surface area contributed by atoms with Crippen molar-refractivity contribution in [2.45, 2.75) is 50.9 Å². The van der Waals surface area contributed by atoms with Gasteiger partial charge in [0.05, 0.1) is 12.7 Å². The number of amidine groups is 1. The van der Waals surface area contributed by atoms with E-state index in [4.69, 9.17) is 20.6 Å². The quantitative estimate of drug-likeness (QED) is 0.263. The molecule has 0 aliphatic rings. The molecule has 0 bridgehead atoms. The predicted molar refractivity (Wildman–Crippen MR) is 136 cm³/mol. The minimum absolute atomic E-state index is 0.105. The van der Waals surface area contributed by atoms with Gasteiger partial charge in [0.25, 0.3) is 5.91 Å². The van der Waals surface area contributed by atoms with E-state index in [0.29, 0.717) is 29.6 Å². The molecule has 202 valence electrons. The van der Waals surface area contributed by atoms with Crippen molar-refractivity contribution in [3.63, 3.8) is 0 Å². The van der Waals surface area contributed by atoms with Crippen molar-refractivity contribution in [2.75, 3.05) is 7.11 Å². The van der Waals surface area contributed by atoms with Gasteiger partial charge in [-0.1, -0.05) is 12.1 Å². The van der Waals surface area contributed by atoms with E-state index in [1.807, 2.05) is 31.2 Å². The molecule has 1 aromatic carbocycles. The number of nitrogens with one attached hydrogen (secondary N) is 2. The minimum Gasteiger partial charge on any atom is -0.497 e.